The van der Waals surface area contributed by atoms with E-state index in [1.807, 2.05) is 0 Å². The molecule has 0 aliphatic carbocycles. The summed E-state index contributed by atoms with van der Waals surface area (Å²) in [5.41, 5.74) is 4.90. The highest BCUT2D eigenvalue weighted by Crippen LogP contribution is 2.48. The second-order valence-electron chi connectivity index (χ2n) is 13.7. The van der Waals surface area contributed by atoms with Crippen LogP contribution in [0.15, 0.2) is 38.9 Å². The number of fused-ring (bicyclic) bond motifs is 1. The van der Waals surface area contributed by atoms with Crippen LogP contribution in [0.1, 0.15) is 80.7 Å². The van der Waals surface area contributed by atoms with Gasteiger partial charge in [0.1, 0.15) is 30.5 Å². The number of nitrogens with zero attached hydrogens (tertiary/aromatic N) is 3. The van der Waals surface area contributed by atoms with Crippen molar-refractivity contribution in [2.24, 2.45) is 0 Å². The second kappa shape index (κ2) is 15.0. The van der Waals surface area contributed by atoms with Crippen molar-refractivity contribution in [1.82, 2.24) is 19.1 Å². The molecular weight excluding hydrogens is 647 g/mol. The Hall–Kier alpha value is -2.49. The van der Waals surface area contributed by atoms with E-state index in [9.17, 15) is 19.5 Å². The van der Waals surface area contributed by atoms with Gasteiger partial charge in [-0.05, 0) is 28.2 Å². The fourth-order valence-corrected chi connectivity index (χ4v) is 17.9. The predicted molar refractivity (Wildman–Crippen MR) is 178 cm³/mol. The minimum Gasteiger partial charge on any atom is -0.414 e. The lowest BCUT2D eigenvalue weighted by Gasteiger charge is -2.51. The van der Waals surface area contributed by atoms with Gasteiger partial charge in [0.25, 0.3) is 5.56 Å². The number of aliphatic hydroxyl groups is 2. The summed E-state index contributed by atoms with van der Waals surface area (Å²) in [5, 5.41) is 18.4. The summed E-state index contributed by atoms with van der Waals surface area (Å²) in [5.74, 6) is 0.138. The lowest BCUT2D eigenvalue weighted by Crippen LogP contribution is -2.65. The van der Waals surface area contributed by atoms with Crippen molar-refractivity contribution in [3.05, 3.63) is 55.8 Å². The fraction of sp³-hybridized carbons (Fsp3) is 0.733. The number of ether oxygens (including phenoxy) is 2. The van der Waals surface area contributed by atoms with Gasteiger partial charge < -0.3 is 38.4 Å². The number of nitrogen functional groups attached to an aromatic ring is 1. The molecule has 0 aromatic carbocycles. The van der Waals surface area contributed by atoms with Crippen molar-refractivity contribution in [3.8, 4) is 0 Å². The molecule has 47 heavy (non-hydrogen) atoms. The van der Waals surface area contributed by atoms with Crippen LogP contribution in [0, 0.1) is 0 Å². The third-order valence-corrected chi connectivity index (χ3v) is 19.5. The molecule has 5 heterocycles. The van der Waals surface area contributed by atoms with E-state index in [0.717, 1.165) is 0 Å². The molecule has 0 saturated carbocycles. The van der Waals surface area contributed by atoms with Crippen molar-refractivity contribution >= 4 is 22.9 Å². The van der Waals surface area contributed by atoms with Gasteiger partial charge in [0.2, 0.25) is 0 Å². The van der Waals surface area contributed by atoms with Gasteiger partial charge in [-0.25, -0.2) is 9.59 Å². The van der Waals surface area contributed by atoms with Gasteiger partial charge in [-0.3, -0.25) is 18.9 Å². The summed E-state index contributed by atoms with van der Waals surface area (Å²) >= 11 is 0. The Labute approximate surface area is 276 Å². The van der Waals surface area contributed by atoms with Crippen LogP contribution in [0.25, 0.3) is 0 Å². The van der Waals surface area contributed by atoms with Gasteiger partial charge in [-0.1, -0.05) is 55.4 Å². The number of nitrogens with one attached hydrogen (secondary N) is 1. The first-order valence-electron chi connectivity index (χ1n) is 16.3. The van der Waals surface area contributed by atoms with E-state index in [2.05, 4.69) is 65.4 Å². The topological polar surface area (TPSA) is 202 Å². The Bertz CT molecular complexity index is 1510. The van der Waals surface area contributed by atoms with E-state index in [4.69, 9.17) is 33.3 Å². The molecule has 2 aromatic heterocycles. The maximum Gasteiger partial charge on any atom is 0.351 e. The normalized spacial score (nSPS) is 28.6. The van der Waals surface area contributed by atoms with Crippen molar-refractivity contribution in [3.63, 3.8) is 0 Å². The molecule has 0 spiro atoms. The Kier molecular flexibility index (Phi) is 11.9. The van der Waals surface area contributed by atoms with Crippen LogP contribution in [-0.2, 0) is 22.4 Å². The van der Waals surface area contributed by atoms with Crippen LogP contribution in [0.4, 0.5) is 5.82 Å². The number of aliphatic hydroxyl groups excluding tert-OH is 2. The number of H-pyrrole nitrogens is 1. The third-order valence-electron chi connectivity index (χ3n) is 9.23. The van der Waals surface area contributed by atoms with Crippen molar-refractivity contribution in [2.45, 2.75) is 127 Å². The monoisotopic (exact) mass is 697 g/mol. The van der Waals surface area contributed by atoms with Crippen LogP contribution >= 0.6 is 0 Å². The summed E-state index contributed by atoms with van der Waals surface area (Å²) in [6.07, 6.45) is 0.628. The maximum atomic E-state index is 12.3. The highest BCUT2D eigenvalue weighted by atomic mass is 28.5. The molecular formula is C30H51N5O10Si2. The molecule has 0 radical (unpaired) electrons. The molecule has 5 N–H and O–H groups in total. The number of hydrogen-bond donors (Lipinski definition) is 4. The first kappa shape index (κ1) is 37.3. The molecule has 6 atom stereocenters. The van der Waals surface area contributed by atoms with Crippen LogP contribution < -0.4 is 22.7 Å². The van der Waals surface area contributed by atoms with Gasteiger partial charge in [-0.2, -0.15) is 4.98 Å². The second-order valence-corrected chi connectivity index (χ2v) is 22.5. The molecule has 6 unspecified atom stereocenters. The first-order chi connectivity index (χ1) is 22.0. The van der Waals surface area contributed by atoms with E-state index >= 15 is 0 Å². The Morgan fingerprint density at radius 3 is 2.02 bits per heavy atom. The fourth-order valence-electron chi connectivity index (χ4n) is 6.66. The lowest BCUT2D eigenvalue weighted by atomic mass is 10.2. The number of anilines is 1. The zero-order valence-electron chi connectivity index (χ0n) is 28.5. The molecule has 3 saturated heterocycles. The molecule has 5 rings (SSSR count). The zero-order valence-corrected chi connectivity index (χ0v) is 30.5. The highest BCUT2D eigenvalue weighted by molar-refractivity contribution is 6.83. The van der Waals surface area contributed by atoms with Gasteiger partial charge in [0, 0.05) is 31.3 Å². The van der Waals surface area contributed by atoms with E-state index < -0.39 is 58.7 Å². The number of aromatic amines is 1. The molecule has 17 heteroatoms. The highest BCUT2D eigenvalue weighted by Gasteiger charge is 2.60. The predicted octanol–water partition coefficient (Wildman–Crippen LogP) is 2.25. The Balaban J connectivity index is 0.000000261. The van der Waals surface area contributed by atoms with Crippen LogP contribution in [-0.4, -0.2) is 84.1 Å². The quantitative estimate of drug-likeness (QED) is 0.308. The molecule has 264 valence electrons. The van der Waals surface area contributed by atoms with E-state index in [0.29, 0.717) is 13.0 Å². The van der Waals surface area contributed by atoms with Crippen LogP contribution in [0.5, 0.6) is 0 Å². The van der Waals surface area contributed by atoms with Crippen LogP contribution in [0.2, 0.25) is 22.2 Å². The first-order valence-corrected chi connectivity index (χ1v) is 20.3. The third kappa shape index (κ3) is 7.73. The average molecular weight is 698 g/mol. The summed E-state index contributed by atoms with van der Waals surface area (Å²) in [6, 6.07) is 2.81. The Morgan fingerprint density at radius 1 is 0.894 bits per heavy atom. The molecule has 0 amide bonds. The largest absolute Gasteiger partial charge is 0.414 e. The number of aromatic nitrogens is 4. The van der Waals surface area contributed by atoms with E-state index in [1.54, 1.807) is 0 Å². The maximum absolute atomic E-state index is 12.3. The summed E-state index contributed by atoms with van der Waals surface area (Å²) in [7, 11) is -5.33. The minimum atomic E-state index is -2.71. The van der Waals surface area contributed by atoms with Gasteiger partial charge in [-0.15, -0.1) is 0 Å². The summed E-state index contributed by atoms with van der Waals surface area (Å²) in [4.78, 5) is 41.2. The molecule has 0 bridgehead atoms. The standard InChI is InChI=1S/C21H38N2O6Si2.C9H13N3O4/c1-13(2)30(14(3)4)26-12-18-17(28-31(29-30,15(5)6)16(7)8)11-20(27-18)23-10-9-19(24)22-21(23)25;10-7-1-2-12(9(15)11-7)8-3-5(14)6(4-13)16-8/h9-10,13-18,20H,11-12H2,1-8H3,(H,22,24,25);1-2,5-6,8,13-14H,3-4H2,(H2,10,11,15). The number of rotatable bonds is 7. The molecule has 3 aliphatic rings. The summed E-state index contributed by atoms with van der Waals surface area (Å²) < 4.78 is 35.1. The van der Waals surface area contributed by atoms with Crippen molar-refractivity contribution in [2.75, 3.05) is 18.9 Å². The smallest absolute Gasteiger partial charge is 0.351 e. The zero-order chi connectivity index (χ0) is 34.8. The SMILES string of the molecule is CC(C)[Si]1(C(C)C)OCC2OC(n3ccc(=O)[nH]c3=O)CC2O[Si](C(C)C)(C(C)C)O1.Nc1ccn(C2CC(O)C(CO)O2)c(=O)n1. The molecule has 15 nitrogen and oxygen atoms in total. The molecule has 3 aliphatic heterocycles. The Morgan fingerprint density at radius 2 is 1.49 bits per heavy atom. The minimum absolute atomic E-state index is 0.138. The molecule has 3 fully saturated rings. The van der Waals surface area contributed by atoms with Gasteiger partial charge in [0.15, 0.2) is 0 Å². The van der Waals surface area contributed by atoms with Crippen molar-refractivity contribution in [1.29, 1.82) is 0 Å². The lowest BCUT2D eigenvalue weighted by molar-refractivity contribution is -0.0566. The summed E-state index contributed by atoms with van der Waals surface area (Å²) in [6.45, 7) is 17.6. The van der Waals surface area contributed by atoms with Crippen LogP contribution in [0.3, 0.4) is 0 Å². The van der Waals surface area contributed by atoms with Gasteiger partial charge >= 0.3 is 28.5 Å². The van der Waals surface area contributed by atoms with Crippen molar-refractivity contribution < 1.29 is 32.7 Å². The van der Waals surface area contributed by atoms with Gasteiger partial charge in [0.05, 0.1) is 25.4 Å². The van der Waals surface area contributed by atoms with E-state index in [1.165, 1.54) is 33.7 Å². The number of hydrogen-bond acceptors (Lipinski definition) is 12. The average Bonchev–Trinajstić information content (AvgIpc) is 3.54. The van der Waals surface area contributed by atoms with E-state index in [-0.39, 0.29) is 53.2 Å². The number of nitrogens with two attached hydrogens (primary N) is 1. The molecule has 2 aromatic rings.